The summed E-state index contributed by atoms with van der Waals surface area (Å²) >= 11 is 0. The zero-order valence-corrected chi connectivity index (χ0v) is 10.7. The zero-order valence-electron chi connectivity index (χ0n) is 10.7. The minimum Gasteiger partial charge on any atom is -0.311 e. The van der Waals surface area contributed by atoms with Crippen LogP contribution in [0.2, 0.25) is 0 Å². The first-order chi connectivity index (χ1) is 7.03. The number of rotatable bonds is 4. The highest BCUT2D eigenvalue weighted by molar-refractivity contribution is 4.97. The third-order valence-electron chi connectivity index (χ3n) is 3.84. The van der Waals surface area contributed by atoms with Crippen LogP contribution >= 0.6 is 0 Å². The van der Waals surface area contributed by atoms with E-state index in [2.05, 4.69) is 44.5 Å². The molecule has 0 radical (unpaired) electrons. The molecule has 0 spiro atoms. The Morgan fingerprint density at radius 1 is 1.60 bits per heavy atom. The average molecular weight is 210 g/mol. The lowest BCUT2D eigenvalue weighted by molar-refractivity contribution is 0.0495. The molecule has 2 unspecified atom stereocenters. The van der Waals surface area contributed by atoms with Crippen molar-refractivity contribution in [1.29, 1.82) is 0 Å². The second kappa shape index (κ2) is 5.13. The molecule has 2 atom stereocenters. The van der Waals surface area contributed by atoms with Gasteiger partial charge < -0.3 is 5.32 Å². The number of nitrogens with one attached hydrogen (secondary N) is 1. The Labute approximate surface area is 94.7 Å². The van der Waals surface area contributed by atoms with Crippen molar-refractivity contribution in [2.45, 2.75) is 45.7 Å². The number of piperazine rings is 1. The monoisotopic (exact) mass is 210 g/mol. The molecule has 1 heterocycles. The fourth-order valence-electron chi connectivity index (χ4n) is 2.23. The Kier molecular flexibility index (Phi) is 4.35. The van der Waals surface area contributed by atoms with Crippen molar-refractivity contribution < 1.29 is 0 Å². The van der Waals surface area contributed by atoms with Crippen LogP contribution in [0.25, 0.3) is 0 Å². The Hall–Kier alpha value is -0.340. The van der Waals surface area contributed by atoms with Crippen LogP contribution in [0.5, 0.6) is 0 Å². The molecule has 88 valence electrons. The van der Waals surface area contributed by atoms with Crippen LogP contribution in [0.1, 0.15) is 34.1 Å². The second-order valence-corrected chi connectivity index (χ2v) is 5.28. The van der Waals surface area contributed by atoms with E-state index in [1.807, 2.05) is 6.08 Å². The molecule has 15 heavy (non-hydrogen) atoms. The maximum Gasteiger partial charge on any atom is 0.0307 e. The van der Waals surface area contributed by atoms with E-state index in [4.69, 9.17) is 0 Å². The Morgan fingerprint density at radius 3 is 2.73 bits per heavy atom. The lowest BCUT2D eigenvalue weighted by Crippen LogP contribution is -2.64. The van der Waals surface area contributed by atoms with Crippen LogP contribution in [0.3, 0.4) is 0 Å². The highest BCUT2D eigenvalue weighted by atomic mass is 15.3. The van der Waals surface area contributed by atoms with Gasteiger partial charge in [-0.3, -0.25) is 4.90 Å². The molecule has 0 aromatic carbocycles. The molecule has 0 aromatic rings. The molecule has 2 heteroatoms. The van der Waals surface area contributed by atoms with Crippen molar-refractivity contribution in [3.8, 4) is 0 Å². The van der Waals surface area contributed by atoms with Crippen LogP contribution in [0, 0.1) is 5.92 Å². The number of nitrogens with zero attached hydrogens (tertiary/aromatic N) is 1. The van der Waals surface area contributed by atoms with Gasteiger partial charge in [0, 0.05) is 31.2 Å². The van der Waals surface area contributed by atoms with E-state index in [0.29, 0.717) is 17.5 Å². The third-order valence-corrected chi connectivity index (χ3v) is 3.84. The van der Waals surface area contributed by atoms with Gasteiger partial charge in [0.05, 0.1) is 0 Å². The van der Waals surface area contributed by atoms with Gasteiger partial charge in [0.2, 0.25) is 0 Å². The van der Waals surface area contributed by atoms with Crippen molar-refractivity contribution in [3.63, 3.8) is 0 Å². The summed E-state index contributed by atoms with van der Waals surface area (Å²) in [6, 6.07) is 0.629. The first-order valence-corrected chi connectivity index (χ1v) is 6.13. The molecule has 1 aliphatic heterocycles. The molecule has 0 amide bonds. The number of hydrogen-bond acceptors (Lipinski definition) is 2. The number of hydrogen-bond donors (Lipinski definition) is 1. The normalized spacial score (nSPS) is 33.3. The largest absolute Gasteiger partial charge is 0.311 e. The molecule has 2 nitrogen and oxygen atoms in total. The van der Waals surface area contributed by atoms with Crippen molar-refractivity contribution in [3.05, 3.63) is 12.7 Å². The minimum absolute atomic E-state index is 0.305. The third kappa shape index (κ3) is 2.82. The van der Waals surface area contributed by atoms with Crippen molar-refractivity contribution in [2.75, 3.05) is 19.6 Å². The summed E-state index contributed by atoms with van der Waals surface area (Å²) in [6.45, 7) is 16.3. The Morgan fingerprint density at radius 2 is 2.27 bits per heavy atom. The maximum absolute atomic E-state index is 3.86. The van der Waals surface area contributed by atoms with Gasteiger partial charge in [-0.05, 0) is 19.3 Å². The van der Waals surface area contributed by atoms with Gasteiger partial charge >= 0.3 is 0 Å². The molecule has 0 aliphatic carbocycles. The van der Waals surface area contributed by atoms with Gasteiger partial charge in [0.15, 0.2) is 0 Å². The smallest absolute Gasteiger partial charge is 0.0307 e. The van der Waals surface area contributed by atoms with Gasteiger partial charge in [-0.1, -0.05) is 26.8 Å². The summed E-state index contributed by atoms with van der Waals surface area (Å²) in [5.41, 5.74) is 0.305. The lowest BCUT2D eigenvalue weighted by atomic mass is 9.89. The minimum atomic E-state index is 0.305. The van der Waals surface area contributed by atoms with E-state index < -0.39 is 0 Å². The van der Waals surface area contributed by atoms with Crippen LogP contribution in [0.15, 0.2) is 12.7 Å². The van der Waals surface area contributed by atoms with Gasteiger partial charge in [0.25, 0.3) is 0 Å². The van der Waals surface area contributed by atoms with Gasteiger partial charge in [-0.15, -0.1) is 6.58 Å². The molecule has 1 N–H and O–H groups in total. The lowest BCUT2D eigenvalue weighted by Gasteiger charge is -2.48. The molecule has 1 aliphatic rings. The molecule has 1 fully saturated rings. The fourth-order valence-corrected chi connectivity index (χ4v) is 2.23. The predicted octanol–water partition coefficient (Wildman–Crippen LogP) is 2.27. The molecular formula is C13H26N2. The quantitative estimate of drug-likeness (QED) is 0.716. The molecule has 0 aromatic heterocycles. The van der Waals surface area contributed by atoms with E-state index in [9.17, 15) is 0 Å². The molecule has 0 bridgehead atoms. The van der Waals surface area contributed by atoms with Crippen LogP contribution in [-0.4, -0.2) is 36.1 Å². The van der Waals surface area contributed by atoms with Crippen LogP contribution < -0.4 is 5.32 Å². The fraction of sp³-hybridized carbons (Fsp3) is 0.846. The summed E-state index contributed by atoms with van der Waals surface area (Å²) in [4.78, 5) is 2.57. The van der Waals surface area contributed by atoms with E-state index in [1.165, 1.54) is 6.42 Å². The Bertz CT molecular complexity index is 213. The van der Waals surface area contributed by atoms with Crippen molar-refractivity contribution in [2.24, 2.45) is 5.92 Å². The van der Waals surface area contributed by atoms with E-state index in [-0.39, 0.29) is 0 Å². The summed E-state index contributed by atoms with van der Waals surface area (Å²) in [6.07, 6.45) is 3.22. The molecule has 1 rings (SSSR count). The first kappa shape index (κ1) is 12.7. The van der Waals surface area contributed by atoms with E-state index in [0.717, 1.165) is 19.6 Å². The summed E-state index contributed by atoms with van der Waals surface area (Å²) in [7, 11) is 0. The molecule has 1 saturated heterocycles. The van der Waals surface area contributed by atoms with Gasteiger partial charge in [0.1, 0.15) is 0 Å². The first-order valence-electron chi connectivity index (χ1n) is 6.13. The Balaban J connectivity index is 2.69. The average Bonchev–Trinajstić information content (AvgIpc) is 2.21. The van der Waals surface area contributed by atoms with E-state index in [1.54, 1.807) is 0 Å². The zero-order chi connectivity index (χ0) is 11.5. The summed E-state index contributed by atoms with van der Waals surface area (Å²) in [5.74, 6) is 0.707. The predicted molar refractivity (Wildman–Crippen MR) is 67.1 cm³/mol. The highest BCUT2D eigenvalue weighted by Crippen LogP contribution is 2.24. The van der Waals surface area contributed by atoms with Crippen molar-refractivity contribution >= 4 is 0 Å². The second-order valence-electron chi connectivity index (χ2n) is 5.28. The molecular weight excluding hydrogens is 184 g/mol. The maximum atomic E-state index is 3.86. The van der Waals surface area contributed by atoms with Crippen LogP contribution in [0.4, 0.5) is 0 Å². The molecule has 0 saturated carbocycles. The van der Waals surface area contributed by atoms with Crippen LogP contribution in [-0.2, 0) is 0 Å². The van der Waals surface area contributed by atoms with Crippen molar-refractivity contribution in [1.82, 2.24) is 10.2 Å². The standard InChI is InChI=1S/C13H26N2/c1-6-8-15-9-12(11(3)4)14-10-13(15,5)7-2/h6,11-12,14H,1,7-10H2,2-5H3. The summed E-state index contributed by atoms with van der Waals surface area (Å²) < 4.78 is 0. The van der Waals surface area contributed by atoms with Gasteiger partial charge in [-0.2, -0.15) is 0 Å². The summed E-state index contributed by atoms with van der Waals surface area (Å²) in [5, 5.41) is 3.67. The SMILES string of the molecule is C=CCN1CC(C(C)C)NCC1(C)CC. The topological polar surface area (TPSA) is 15.3 Å². The van der Waals surface area contributed by atoms with Gasteiger partial charge in [-0.25, -0.2) is 0 Å². The van der Waals surface area contributed by atoms with E-state index >= 15 is 0 Å². The highest BCUT2D eigenvalue weighted by Gasteiger charge is 2.36.